The van der Waals surface area contributed by atoms with Crippen LogP contribution in [0.15, 0.2) is 24.3 Å². The van der Waals surface area contributed by atoms with Crippen LogP contribution in [0.5, 0.6) is 0 Å². The van der Waals surface area contributed by atoms with Crippen molar-refractivity contribution in [3.8, 4) is 0 Å². The molecule has 0 aliphatic rings. The molecule has 1 aromatic rings. The van der Waals surface area contributed by atoms with Gasteiger partial charge in [-0.1, -0.05) is 37.6 Å². The number of hydrogen-bond acceptors (Lipinski definition) is 2. The number of amides is 1. The molecular weight excluding hydrogens is 286 g/mol. The third kappa shape index (κ3) is 7.88. The van der Waals surface area contributed by atoms with Crippen LogP contribution in [0, 0.1) is 12.8 Å². The van der Waals surface area contributed by atoms with Crippen LogP contribution in [0.2, 0.25) is 5.02 Å². The van der Waals surface area contributed by atoms with Gasteiger partial charge in [0.1, 0.15) is 0 Å². The van der Waals surface area contributed by atoms with E-state index in [4.69, 9.17) is 16.3 Å². The second-order valence-electron chi connectivity index (χ2n) is 5.46. The summed E-state index contributed by atoms with van der Waals surface area (Å²) in [7, 11) is 0. The molecule has 1 N–H and O–H groups in total. The number of rotatable bonds is 8. The first-order valence-electron chi connectivity index (χ1n) is 7.29. The minimum Gasteiger partial charge on any atom is -0.381 e. The Bertz CT molecular complexity index is 484. The lowest BCUT2D eigenvalue weighted by atomic mass is 10.1. The predicted octanol–water partition coefficient (Wildman–Crippen LogP) is 3.84. The summed E-state index contributed by atoms with van der Waals surface area (Å²) in [6, 6.07) is 5.72. The first kappa shape index (κ1) is 17.7. The summed E-state index contributed by atoms with van der Waals surface area (Å²) in [5.74, 6) is 0.444. The largest absolute Gasteiger partial charge is 0.381 e. The van der Waals surface area contributed by atoms with Gasteiger partial charge in [-0.05, 0) is 42.5 Å². The zero-order chi connectivity index (χ0) is 15.7. The van der Waals surface area contributed by atoms with Gasteiger partial charge in [-0.15, -0.1) is 0 Å². The van der Waals surface area contributed by atoms with Crippen molar-refractivity contribution in [1.29, 1.82) is 0 Å². The fourth-order valence-electron chi connectivity index (χ4n) is 1.65. The monoisotopic (exact) mass is 309 g/mol. The first-order chi connectivity index (χ1) is 9.99. The maximum absolute atomic E-state index is 11.6. The topological polar surface area (TPSA) is 38.3 Å². The molecule has 116 valence electrons. The molecule has 1 aromatic carbocycles. The quantitative estimate of drug-likeness (QED) is 0.585. The number of aryl methyl sites for hydroxylation is 1. The molecule has 0 fully saturated rings. The Morgan fingerprint density at radius 3 is 2.86 bits per heavy atom. The lowest BCUT2D eigenvalue weighted by Gasteiger charge is -2.06. The number of carbonyl (C=O) groups excluding carboxylic acids is 1. The Balaban J connectivity index is 2.24. The van der Waals surface area contributed by atoms with Gasteiger partial charge in [0.15, 0.2) is 0 Å². The van der Waals surface area contributed by atoms with E-state index >= 15 is 0 Å². The van der Waals surface area contributed by atoms with Crippen molar-refractivity contribution in [2.24, 2.45) is 5.92 Å². The van der Waals surface area contributed by atoms with Gasteiger partial charge in [0, 0.05) is 30.9 Å². The second kappa shape index (κ2) is 9.59. The van der Waals surface area contributed by atoms with Crippen LogP contribution < -0.4 is 5.32 Å². The maximum Gasteiger partial charge on any atom is 0.244 e. The number of ether oxygens (including phenoxy) is 1. The first-order valence-corrected chi connectivity index (χ1v) is 7.66. The van der Waals surface area contributed by atoms with E-state index in [1.54, 1.807) is 6.08 Å². The van der Waals surface area contributed by atoms with E-state index < -0.39 is 0 Å². The fraction of sp³-hybridized carbons (Fsp3) is 0.471. The van der Waals surface area contributed by atoms with E-state index in [-0.39, 0.29) is 5.91 Å². The summed E-state index contributed by atoms with van der Waals surface area (Å²) in [5, 5.41) is 3.54. The molecule has 1 rings (SSSR count). The van der Waals surface area contributed by atoms with Gasteiger partial charge >= 0.3 is 0 Å². The van der Waals surface area contributed by atoms with Crippen LogP contribution >= 0.6 is 11.6 Å². The number of hydrogen-bond donors (Lipinski definition) is 1. The van der Waals surface area contributed by atoms with E-state index in [0.717, 1.165) is 24.2 Å². The molecule has 0 unspecified atom stereocenters. The minimum atomic E-state index is -0.101. The molecule has 3 nitrogen and oxygen atoms in total. The Morgan fingerprint density at radius 1 is 1.43 bits per heavy atom. The highest BCUT2D eigenvalue weighted by Crippen LogP contribution is 2.17. The molecule has 4 heteroatoms. The van der Waals surface area contributed by atoms with E-state index in [9.17, 15) is 4.79 Å². The highest BCUT2D eigenvalue weighted by Gasteiger charge is 1.98. The van der Waals surface area contributed by atoms with Crippen molar-refractivity contribution in [3.05, 3.63) is 40.4 Å². The van der Waals surface area contributed by atoms with Gasteiger partial charge in [0.2, 0.25) is 5.91 Å². The lowest BCUT2D eigenvalue weighted by Crippen LogP contribution is -2.23. The molecule has 0 heterocycles. The summed E-state index contributed by atoms with van der Waals surface area (Å²) in [5.41, 5.74) is 1.95. The van der Waals surface area contributed by atoms with Gasteiger partial charge < -0.3 is 10.1 Å². The van der Waals surface area contributed by atoms with Crippen LogP contribution in [0.25, 0.3) is 6.08 Å². The Kier molecular flexibility index (Phi) is 8.09. The van der Waals surface area contributed by atoms with Crippen LogP contribution in [0.1, 0.15) is 31.4 Å². The molecule has 0 spiro atoms. The maximum atomic E-state index is 11.6. The summed E-state index contributed by atoms with van der Waals surface area (Å²) in [4.78, 5) is 11.6. The summed E-state index contributed by atoms with van der Waals surface area (Å²) < 4.78 is 5.45. The zero-order valence-corrected chi connectivity index (χ0v) is 13.7. The molecule has 21 heavy (non-hydrogen) atoms. The number of carbonyl (C=O) groups is 1. The number of benzene rings is 1. The third-order valence-corrected chi connectivity index (χ3v) is 3.25. The van der Waals surface area contributed by atoms with E-state index in [1.807, 2.05) is 25.1 Å². The van der Waals surface area contributed by atoms with Gasteiger partial charge in [0.25, 0.3) is 0 Å². The molecular formula is C17H24ClNO2. The van der Waals surface area contributed by atoms with Gasteiger partial charge in [-0.3, -0.25) is 4.79 Å². The van der Waals surface area contributed by atoms with E-state index in [2.05, 4.69) is 19.2 Å². The standard InChI is InChI=1S/C17H24ClNO2/c1-13(2)12-21-10-4-9-19-17(20)8-7-15-6-5-14(3)16(18)11-15/h5-8,11,13H,4,9-10,12H2,1-3H3,(H,19,20)/b8-7+. The van der Waals surface area contributed by atoms with Crippen molar-refractivity contribution >= 4 is 23.6 Å². The van der Waals surface area contributed by atoms with Gasteiger partial charge in [0.05, 0.1) is 0 Å². The summed E-state index contributed by atoms with van der Waals surface area (Å²) >= 11 is 6.04. The van der Waals surface area contributed by atoms with Crippen molar-refractivity contribution in [2.45, 2.75) is 27.2 Å². The van der Waals surface area contributed by atoms with Crippen molar-refractivity contribution in [3.63, 3.8) is 0 Å². The predicted molar refractivity (Wildman–Crippen MR) is 88.5 cm³/mol. The lowest BCUT2D eigenvalue weighted by molar-refractivity contribution is -0.116. The zero-order valence-electron chi connectivity index (χ0n) is 13.0. The Hall–Kier alpha value is -1.32. The second-order valence-corrected chi connectivity index (χ2v) is 5.86. The molecule has 0 saturated heterocycles. The molecule has 0 aliphatic carbocycles. The smallest absolute Gasteiger partial charge is 0.244 e. The van der Waals surface area contributed by atoms with Crippen molar-refractivity contribution < 1.29 is 9.53 Å². The average Bonchev–Trinajstić information content (AvgIpc) is 2.43. The highest BCUT2D eigenvalue weighted by atomic mass is 35.5. The highest BCUT2D eigenvalue weighted by molar-refractivity contribution is 6.31. The van der Waals surface area contributed by atoms with Crippen LogP contribution in [-0.4, -0.2) is 25.7 Å². The van der Waals surface area contributed by atoms with Crippen molar-refractivity contribution in [2.75, 3.05) is 19.8 Å². The third-order valence-electron chi connectivity index (χ3n) is 2.84. The van der Waals surface area contributed by atoms with Crippen LogP contribution in [0.3, 0.4) is 0 Å². The van der Waals surface area contributed by atoms with Crippen LogP contribution in [0.4, 0.5) is 0 Å². The van der Waals surface area contributed by atoms with Crippen LogP contribution in [-0.2, 0) is 9.53 Å². The normalized spacial score (nSPS) is 11.3. The molecule has 1 amide bonds. The summed E-state index contributed by atoms with van der Waals surface area (Å²) in [6.45, 7) is 8.24. The Morgan fingerprint density at radius 2 is 2.19 bits per heavy atom. The average molecular weight is 310 g/mol. The fourth-order valence-corrected chi connectivity index (χ4v) is 1.84. The van der Waals surface area contributed by atoms with Gasteiger partial charge in [-0.25, -0.2) is 0 Å². The molecule has 0 aromatic heterocycles. The summed E-state index contributed by atoms with van der Waals surface area (Å²) in [6.07, 6.45) is 4.11. The number of nitrogens with one attached hydrogen (secondary N) is 1. The van der Waals surface area contributed by atoms with Crippen molar-refractivity contribution in [1.82, 2.24) is 5.32 Å². The molecule has 0 aliphatic heterocycles. The van der Waals surface area contributed by atoms with Gasteiger partial charge in [-0.2, -0.15) is 0 Å². The number of halogens is 1. The molecule has 0 atom stereocenters. The van der Waals surface area contributed by atoms with E-state index in [1.165, 1.54) is 6.08 Å². The SMILES string of the molecule is Cc1ccc(/C=C/C(=O)NCCCOCC(C)C)cc1Cl. The molecule has 0 saturated carbocycles. The molecule has 0 bridgehead atoms. The molecule has 0 radical (unpaired) electrons. The Labute approximate surface area is 132 Å². The van der Waals surface area contributed by atoms with E-state index in [0.29, 0.717) is 24.1 Å². The minimum absolute atomic E-state index is 0.101.